The summed E-state index contributed by atoms with van der Waals surface area (Å²) in [4.78, 5) is 18.9. The smallest absolute Gasteiger partial charge is 0.337 e. The normalized spacial score (nSPS) is 9.95. The minimum Gasteiger partial charge on any atom is -0.465 e. The number of ether oxygens (including phenoxy) is 2. The number of rotatable bonds is 3. The fourth-order valence-electron chi connectivity index (χ4n) is 1.41. The molecule has 0 saturated carbocycles. The van der Waals surface area contributed by atoms with Gasteiger partial charge >= 0.3 is 5.97 Å². The van der Waals surface area contributed by atoms with E-state index >= 15 is 0 Å². The van der Waals surface area contributed by atoms with Crippen molar-refractivity contribution in [3.8, 4) is 11.6 Å². The molecule has 0 aliphatic carbocycles. The molecule has 7 nitrogen and oxygen atoms in total. The number of hydrogen-bond acceptors (Lipinski definition) is 7. The van der Waals surface area contributed by atoms with Crippen LogP contribution in [-0.4, -0.2) is 23.0 Å². The van der Waals surface area contributed by atoms with E-state index in [4.69, 9.17) is 16.2 Å². The molecule has 0 aliphatic rings. The van der Waals surface area contributed by atoms with Crippen LogP contribution in [0.4, 0.5) is 11.8 Å². The van der Waals surface area contributed by atoms with Gasteiger partial charge in [0.2, 0.25) is 11.8 Å². The van der Waals surface area contributed by atoms with E-state index < -0.39 is 5.97 Å². The van der Waals surface area contributed by atoms with Crippen molar-refractivity contribution in [3.05, 3.63) is 35.9 Å². The molecule has 19 heavy (non-hydrogen) atoms. The highest BCUT2D eigenvalue weighted by Crippen LogP contribution is 2.21. The average Bonchev–Trinajstić information content (AvgIpc) is 2.37. The predicted octanol–water partition coefficient (Wildman–Crippen LogP) is 1.22. The van der Waals surface area contributed by atoms with E-state index in [1.807, 2.05) is 0 Å². The third kappa shape index (κ3) is 3.09. The molecule has 0 aliphatic heterocycles. The van der Waals surface area contributed by atoms with Crippen molar-refractivity contribution in [2.45, 2.75) is 0 Å². The summed E-state index contributed by atoms with van der Waals surface area (Å²) in [6, 6.07) is 7.83. The molecule has 0 fully saturated rings. The number of methoxy groups -OCH3 is 1. The molecule has 7 heteroatoms. The van der Waals surface area contributed by atoms with Crippen LogP contribution in [0.2, 0.25) is 0 Å². The summed E-state index contributed by atoms with van der Waals surface area (Å²) < 4.78 is 10.0. The Bertz CT molecular complexity index is 578. The Kier molecular flexibility index (Phi) is 3.46. The number of esters is 1. The summed E-state index contributed by atoms with van der Waals surface area (Å²) in [5.41, 5.74) is 11.4. The van der Waals surface area contributed by atoms with E-state index in [2.05, 4.69) is 14.7 Å². The van der Waals surface area contributed by atoms with Crippen LogP contribution in [0.15, 0.2) is 30.3 Å². The third-order valence-corrected chi connectivity index (χ3v) is 2.24. The molecule has 2 rings (SSSR count). The maximum Gasteiger partial charge on any atom is 0.337 e. The van der Waals surface area contributed by atoms with Gasteiger partial charge in [0.1, 0.15) is 11.6 Å². The van der Waals surface area contributed by atoms with Crippen LogP contribution in [-0.2, 0) is 4.74 Å². The van der Waals surface area contributed by atoms with Crippen LogP contribution in [0, 0.1) is 0 Å². The number of carbonyl (C=O) groups excluding carboxylic acids is 1. The van der Waals surface area contributed by atoms with Gasteiger partial charge in [-0.3, -0.25) is 0 Å². The van der Waals surface area contributed by atoms with Crippen molar-refractivity contribution >= 4 is 17.7 Å². The minimum absolute atomic E-state index is 0.0289. The lowest BCUT2D eigenvalue weighted by atomic mass is 10.2. The zero-order chi connectivity index (χ0) is 13.8. The molecule has 0 saturated heterocycles. The Morgan fingerprint density at radius 3 is 2.42 bits per heavy atom. The van der Waals surface area contributed by atoms with Crippen LogP contribution in [0.1, 0.15) is 10.4 Å². The molecule has 1 heterocycles. The second-order valence-corrected chi connectivity index (χ2v) is 3.61. The van der Waals surface area contributed by atoms with Crippen LogP contribution in [0.25, 0.3) is 0 Å². The zero-order valence-electron chi connectivity index (χ0n) is 10.2. The Labute approximate surface area is 109 Å². The van der Waals surface area contributed by atoms with Crippen molar-refractivity contribution in [1.82, 2.24) is 9.97 Å². The van der Waals surface area contributed by atoms with Crippen molar-refractivity contribution in [2.24, 2.45) is 0 Å². The first-order valence-electron chi connectivity index (χ1n) is 5.35. The van der Waals surface area contributed by atoms with Gasteiger partial charge in [0, 0.05) is 6.07 Å². The Hall–Kier alpha value is -2.83. The van der Waals surface area contributed by atoms with Gasteiger partial charge in [-0.2, -0.15) is 9.97 Å². The molecule has 1 aromatic carbocycles. The van der Waals surface area contributed by atoms with E-state index in [9.17, 15) is 4.79 Å². The zero-order valence-corrected chi connectivity index (χ0v) is 10.2. The second kappa shape index (κ2) is 5.21. The molecule has 0 unspecified atom stereocenters. The van der Waals surface area contributed by atoms with Crippen molar-refractivity contribution in [2.75, 3.05) is 18.6 Å². The van der Waals surface area contributed by atoms with Crippen molar-refractivity contribution < 1.29 is 14.3 Å². The SMILES string of the molecule is COC(=O)c1ccc(Oc2cc(N)nc(N)n2)cc1. The number of carbonyl (C=O) groups is 1. The monoisotopic (exact) mass is 260 g/mol. The average molecular weight is 260 g/mol. The maximum atomic E-state index is 11.3. The molecule has 1 aromatic heterocycles. The lowest BCUT2D eigenvalue weighted by Crippen LogP contribution is -2.02. The highest BCUT2D eigenvalue weighted by molar-refractivity contribution is 5.89. The Balaban J connectivity index is 2.17. The fraction of sp³-hybridized carbons (Fsp3) is 0.0833. The third-order valence-electron chi connectivity index (χ3n) is 2.24. The van der Waals surface area contributed by atoms with Crippen molar-refractivity contribution in [3.63, 3.8) is 0 Å². The van der Waals surface area contributed by atoms with Gasteiger partial charge in [-0.15, -0.1) is 0 Å². The van der Waals surface area contributed by atoms with Gasteiger partial charge in [-0.05, 0) is 24.3 Å². The molecule has 0 atom stereocenters. The Morgan fingerprint density at radius 1 is 1.16 bits per heavy atom. The van der Waals surface area contributed by atoms with Gasteiger partial charge in [0.15, 0.2) is 0 Å². The minimum atomic E-state index is -0.415. The second-order valence-electron chi connectivity index (χ2n) is 3.61. The molecular weight excluding hydrogens is 248 g/mol. The standard InChI is InChI=1S/C12H12N4O3/c1-18-11(17)7-2-4-8(5-3-7)19-10-6-9(13)15-12(14)16-10/h2-6H,1H3,(H4,13,14,15,16). The molecule has 0 amide bonds. The highest BCUT2D eigenvalue weighted by Gasteiger charge is 2.06. The molecular formula is C12H12N4O3. The quantitative estimate of drug-likeness (QED) is 0.797. The van der Waals surface area contributed by atoms with Crippen molar-refractivity contribution in [1.29, 1.82) is 0 Å². The van der Waals surface area contributed by atoms with Crippen LogP contribution in [0.3, 0.4) is 0 Å². The van der Waals surface area contributed by atoms with Gasteiger partial charge in [-0.25, -0.2) is 4.79 Å². The van der Waals surface area contributed by atoms with Crippen LogP contribution in [0.5, 0.6) is 11.6 Å². The summed E-state index contributed by atoms with van der Waals surface area (Å²) in [5.74, 6) is 0.554. The number of anilines is 2. The molecule has 0 radical (unpaired) electrons. The van der Waals surface area contributed by atoms with Crippen LogP contribution >= 0.6 is 0 Å². The van der Waals surface area contributed by atoms with Gasteiger partial charge in [0.25, 0.3) is 0 Å². The number of benzene rings is 1. The van der Waals surface area contributed by atoms with Gasteiger partial charge in [-0.1, -0.05) is 0 Å². The molecule has 0 spiro atoms. The fourth-order valence-corrected chi connectivity index (χ4v) is 1.41. The summed E-state index contributed by atoms with van der Waals surface area (Å²) >= 11 is 0. The Morgan fingerprint density at radius 2 is 1.84 bits per heavy atom. The molecule has 2 aromatic rings. The first-order valence-corrected chi connectivity index (χ1v) is 5.35. The van der Waals surface area contributed by atoms with E-state index in [0.29, 0.717) is 11.3 Å². The number of nitrogens with zero attached hydrogens (tertiary/aromatic N) is 2. The molecule has 4 N–H and O–H groups in total. The van der Waals surface area contributed by atoms with Gasteiger partial charge < -0.3 is 20.9 Å². The van der Waals surface area contributed by atoms with Crippen LogP contribution < -0.4 is 16.2 Å². The van der Waals surface area contributed by atoms with Gasteiger partial charge in [0.05, 0.1) is 12.7 Å². The maximum absolute atomic E-state index is 11.3. The highest BCUT2D eigenvalue weighted by atomic mass is 16.5. The van der Waals surface area contributed by atoms with E-state index in [1.54, 1.807) is 24.3 Å². The lowest BCUT2D eigenvalue weighted by Gasteiger charge is -2.06. The largest absolute Gasteiger partial charge is 0.465 e. The lowest BCUT2D eigenvalue weighted by molar-refractivity contribution is 0.0600. The summed E-state index contributed by atoms with van der Waals surface area (Å²) in [6.45, 7) is 0. The number of nitrogens with two attached hydrogens (primary N) is 2. The molecule has 0 bridgehead atoms. The predicted molar refractivity (Wildman–Crippen MR) is 68.7 cm³/mol. The summed E-state index contributed by atoms with van der Waals surface area (Å²) in [6.07, 6.45) is 0. The first-order chi connectivity index (χ1) is 9.08. The summed E-state index contributed by atoms with van der Waals surface area (Å²) in [7, 11) is 1.32. The summed E-state index contributed by atoms with van der Waals surface area (Å²) in [5, 5.41) is 0. The molecule has 98 valence electrons. The number of aromatic nitrogens is 2. The van der Waals surface area contributed by atoms with E-state index in [0.717, 1.165) is 0 Å². The van der Waals surface area contributed by atoms with E-state index in [1.165, 1.54) is 13.2 Å². The first kappa shape index (κ1) is 12.6. The van der Waals surface area contributed by atoms with E-state index in [-0.39, 0.29) is 17.6 Å². The number of hydrogen-bond donors (Lipinski definition) is 2. The topological polar surface area (TPSA) is 113 Å². The number of nitrogen functional groups attached to an aromatic ring is 2.